The molecule has 0 spiro atoms. The molecule has 0 saturated heterocycles. The molecule has 5 rings (SSSR count). The van der Waals surface area contributed by atoms with Gasteiger partial charge in [-0.3, -0.25) is 4.90 Å². The summed E-state index contributed by atoms with van der Waals surface area (Å²) < 4.78 is 0. The summed E-state index contributed by atoms with van der Waals surface area (Å²) in [6.45, 7) is 7.13. The first-order valence-corrected chi connectivity index (χ1v) is 13.2. The van der Waals surface area contributed by atoms with E-state index in [0.29, 0.717) is 6.04 Å². The molecule has 2 aliphatic rings. The Hall–Kier alpha value is -2.86. The molecule has 1 heterocycles. The minimum atomic E-state index is 0.484. The highest BCUT2D eigenvalue weighted by molar-refractivity contribution is 6.30. The van der Waals surface area contributed by atoms with Crippen molar-refractivity contribution in [1.29, 1.82) is 0 Å². The SMILES string of the molecule is CC(=C[C@H](C)N(CC1CC1)CC1CC1)c1ccc(C#Cc2ccc(-c3ccc(Cl)cc3)cn2)cc1. The van der Waals surface area contributed by atoms with Crippen molar-refractivity contribution < 1.29 is 0 Å². The Morgan fingerprint density at radius 3 is 2.11 bits per heavy atom. The molecule has 0 N–H and O–H groups in total. The van der Waals surface area contributed by atoms with E-state index in [0.717, 1.165) is 39.2 Å². The van der Waals surface area contributed by atoms with E-state index in [4.69, 9.17) is 11.6 Å². The fraction of sp³-hybridized carbons (Fsp3) is 0.344. The summed E-state index contributed by atoms with van der Waals surface area (Å²) in [6, 6.07) is 20.9. The van der Waals surface area contributed by atoms with Gasteiger partial charge in [0.05, 0.1) is 0 Å². The van der Waals surface area contributed by atoms with E-state index in [1.54, 1.807) is 0 Å². The van der Waals surface area contributed by atoms with E-state index in [1.165, 1.54) is 49.9 Å². The van der Waals surface area contributed by atoms with Gasteiger partial charge in [0.25, 0.3) is 0 Å². The van der Waals surface area contributed by atoms with E-state index < -0.39 is 0 Å². The predicted molar refractivity (Wildman–Crippen MR) is 147 cm³/mol. The van der Waals surface area contributed by atoms with Crippen LogP contribution in [-0.4, -0.2) is 29.0 Å². The van der Waals surface area contributed by atoms with Crippen LogP contribution in [0.2, 0.25) is 5.02 Å². The topological polar surface area (TPSA) is 16.1 Å². The standard InChI is InChI=1S/C32H33ClN2/c1-23(19-24(2)35(21-26-3-4-26)22-27-5-6-27)28-10-7-25(8-11-28)9-17-32-18-14-30(20-34-32)29-12-15-31(33)16-13-29/h7-8,10-16,18-20,24,26-27H,3-6,21-22H2,1-2H3/t24-/m0/s1. The lowest BCUT2D eigenvalue weighted by Crippen LogP contribution is -2.35. The van der Waals surface area contributed by atoms with Gasteiger partial charge in [-0.2, -0.15) is 0 Å². The maximum absolute atomic E-state index is 5.98. The minimum Gasteiger partial charge on any atom is -0.297 e. The summed E-state index contributed by atoms with van der Waals surface area (Å²) >= 11 is 5.98. The van der Waals surface area contributed by atoms with Crippen LogP contribution >= 0.6 is 11.6 Å². The second-order valence-electron chi connectivity index (χ2n) is 10.2. The van der Waals surface area contributed by atoms with Crippen LogP contribution in [0.15, 0.2) is 72.9 Å². The number of benzene rings is 2. The van der Waals surface area contributed by atoms with Gasteiger partial charge in [0.1, 0.15) is 5.69 Å². The van der Waals surface area contributed by atoms with Gasteiger partial charge < -0.3 is 0 Å². The quantitative estimate of drug-likeness (QED) is 0.307. The first-order chi connectivity index (χ1) is 17.0. The molecule has 35 heavy (non-hydrogen) atoms. The molecule has 3 aromatic rings. The van der Waals surface area contributed by atoms with Crippen molar-refractivity contribution in [3.05, 3.63) is 94.8 Å². The Morgan fingerprint density at radius 1 is 0.914 bits per heavy atom. The zero-order chi connectivity index (χ0) is 24.2. The molecule has 0 amide bonds. The van der Waals surface area contributed by atoms with Gasteiger partial charge in [0.2, 0.25) is 0 Å². The van der Waals surface area contributed by atoms with Crippen LogP contribution in [-0.2, 0) is 0 Å². The van der Waals surface area contributed by atoms with E-state index in [2.05, 4.69) is 72.0 Å². The third-order valence-corrected chi connectivity index (χ3v) is 7.31. The number of allylic oxidation sites excluding steroid dienone is 1. The fourth-order valence-corrected chi connectivity index (χ4v) is 4.59. The van der Waals surface area contributed by atoms with E-state index in [9.17, 15) is 0 Å². The lowest BCUT2D eigenvalue weighted by Gasteiger charge is -2.27. The third-order valence-electron chi connectivity index (χ3n) is 7.06. The molecule has 0 unspecified atom stereocenters. The Balaban J connectivity index is 1.22. The zero-order valence-corrected chi connectivity index (χ0v) is 21.4. The van der Waals surface area contributed by atoms with Crippen LogP contribution in [0.3, 0.4) is 0 Å². The van der Waals surface area contributed by atoms with E-state index >= 15 is 0 Å². The summed E-state index contributed by atoms with van der Waals surface area (Å²) in [7, 11) is 0. The number of nitrogens with zero attached hydrogens (tertiary/aromatic N) is 2. The highest BCUT2D eigenvalue weighted by atomic mass is 35.5. The van der Waals surface area contributed by atoms with Crippen LogP contribution in [0.25, 0.3) is 16.7 Å². The maximum atomic E-state index is 5.98. The van der Waals surface area contributed by atoms with Crippen LogP contribution in [0.5, 0.6) is 0 Å². The van der Waals surface area contributed by atoms with Crippen molar-refractivity contribution in [2.24, 2.45) is 11.8 Å². The van der Waals surface area contributed by atoms with Crippen molar-refractivity contribution >= 4 is 17.2 Å². The Kier molecular flexibility index (Phi) is 7.37. The number of pyridine rings is 1. The van der Waals surface area contributed by atoms with Gasteiger partial charge in [-0.15, -0.1) is 0 Å². The summed E-state index contributed by atoms with van der Waals surface area (Å²) in [6.07, 6.45) is 9.98. The lowest BCUT2D eigenvalue weighted by molar-refractivity contribution is 0.222. The molecular weight excluding hydrogens is 448 g/mol. The van der Waals surface area contributed by atoms with Crippen molar-refractivity contribution in [2.45, 2.75) is 45.6 Å². The summed E-state index contributed by atoms with van der Waals surface area (Å²) in [5.41, 5.74) is 6.53. The van der Waals surface area contributed by atoms with Gasteiger partial charge in [0, 0.05) is 41.5 Å². The largest absolute Gasteiger partial charge is 0.297 e. The first-order valence-electron chi connectivity index (χ1n) is 12.8. The molecular formula is C32H33ClN2. The molecule has 1 atom stereocenters. The first kappa shape index (κ1) is 23.9. The minimum absolute atomic E-state index is 0.484. The zero-order valence-electron chi connectivity index (χ0n) is 20.7. The fourth-order valence-electron chi connectivity index (χ4n) is 4.47. The Morgan fingerprint density at radius 2 is 1.54 bits per heavy atom. The molecule has 0 radical (unpaired) electrons. The number of hydrogen-bond donors (Lipinski definition) is 0. The Labute approximate surface area is 215 Å². The number of aromatic nitrogens is 1. The lowest BCUT2D eigenvalue weighted by atomic mass is 10.0. The molecule has 178 valence electrons. The van der Waals surface area contributed by atoms with Gasteiger partial charge >= 0.3 is 0 Å². The third kappa shape index (κ3) is 6.85. The van der Waals surface area contributed by atoms with Crippen LogP contribution < -0.4 is 0 Å². The highest BCUT2D eigenvalue weighted by Crippen LogP contribution is 2.35. The maximum Gasteiger partial charge on any atom is 0.113 e. The van der Waals surface area contributed by atoms with Crippen molar-refractivity contribution in [2.75, 3.05) is 13.1 Å². The van der Waals surface area contributed by atoms with E-state index in [-0.39, 0.29) is 0 Å². The molecule has 2 nitrogen and oxygen atoms in total. The molecule has 0 aliphatic heterocycles. The van der Waals surface area contributed by atoms with Crippen molar-refractivity contribution in [3.8, 4) is 23.0 Å². The highest BCUT2D eigenvalue weighted by Gasteiger charge is 2.30. The van der Waals surface area contributed by atoms with E-state index in [1.807, 2.05) is 36.5 Å². The van der Waals surface area contributed by atoms with Crippen LogP contribution in [0, 0.1) is 23.7 Å². The predicted octanol–water partition coefficient (Wildman–Crippen LogP) is 7.72. The second kappa shape index (κ2) is 10.8. The number of hydrogen-bond acceptors (Lipinski definition) is 2. The number of rotatable bonds is 8. The molecule has 1 aromatic heterocycles. The normalized spacial score (nSPS) is 16.6. The number of halogens is 1. The van der Waals surface area contributed by atoms with Crippen molar-refractivity contribution in [1.82, 2.24) is 9.88 Å². The van der Waals surface area contributed by atoms with Crippen molar-refractivity contribution in [3.63, 3.8) is 0 Å². The second-order valence-corrected chi connectivity index (χ2v) is 10.6. The molecule has 0 bridgehead atoms. The molecule has 3 heteroatoms. The Bertz CT molecular complexity index is 1210. The van der Waals surface area contributed by atoms with Crippen LogP contribution in [0.4, 0.5) is 0 Å². The van der Waals surface area contributed by atoms with Gasteiger partial charge in [-0.1, -0.05) is 53.9 Å². The molecule has 2 fully saturated rings. The van der Waals surface area contributed by atoms with Gasteiger partial charge in [0.15, 0.2) is 0 Å². The monoisotopic (exact) mass is 480 g/mol. The average Bonchev–Trinajstić information content (AvgIpc) is 3.81. The van der Waals surface area contributed by atoms with Crippen LogP contribution in [0.1, 0.15) is 56.4 Å². The summed E-state index contributed by atoms with van der Waals surface area (Å²) in [5.74, 6) is 8.31. The molecule has 2 aromatic carbocycles. The van der Waals surface area contributed by atoms with Gasteiger partial charge in [-0.25, -0.2) is 4.98 Å². The van der Waals surface area contributed by atoms with Gasteiger partial charge in [-0.05, 0) is 104 Å². The summed E-state index contributed by atoms with van der Waals surface area (Å²) in [5, 5.41) is 0.736. The molecule has 2 saturated carbocycles. The summed E-state index contributed by atoms with van der Waals surface area (Å²) in [4.78, 5) is 7.23. The molecule has 2 aliphatic carbocycles. The average molecular weight is 481 g/mol. The smallest absolute Gasteiger partial charge is 0.113 e.